The molecule has 0 aromatic carbocycles. The molecule has 1 saturated carbocycles. The average molecular weight is 460 g/mol. The van der Waals surface area contributed by atoms with Crippen LogP contribution in [0.4, 0.5) is 0 Å². The minimum absolute atomic E-state index is 0.00990. The first-order valence-corrected chi connectivity index (χ1v) is 12.3. The summed E-state index contributed by atoms with van der Waals surface area (Å²) in [4.78, 5) is 53.2. The van der Waals surface area contributed by atoms with Crippen molar-refractivity contribution in [2.45, 2.75) is 71.8 Å². The van der Waals surface area contributed by atoms with Crippen LogP contribution in [0.3, 0.4) is 0 Å². The minimum Gasteiger partial charge on any atom is -0.466 e. The quantitative estimate of drug-likeness (QED) is 0.632. The zero-order valence-corrected chi connectivity index (χ0v) is 20.1. The number of amides is 2. The maximum absolute atomic E-state index is 13.3. The topological polar surface area (TPSA) is 97.7 Å². The van der Waals surface area contributed by atoms with Crippen LogP contribution in [-0.2, 0) is 9.53 Å². The molecule has 1 atom stereocenters. The van der Waals surface area contributed by atoms with Gasteiger partial charge in [-0.2, -0.15) is 0 Å². The van der Waals surface area contributed by atoms with Gasteiger partial charge >= 0.3 is 5.97 Å². The van der Waals surface area contributed by atoms with Crippen LogP contribution in [0.2, 0.25) is 0 Å². The van der Waals surface area contributed by atoms with E-state index < -0.39 is 23.2 Å². The van der Waals surface area contributed by atoms with Crippen LogP contribution in [-0.4, -0.2) is 53.5 Å². The molecule has 1 aliphatic carbocycles. The Labute approximate surface area is 195 Å². The van der Waals surface area contributed by atoms with Crippen LogP contribution in [0, 0.1) is 11.8 Å². The van der Waals surface area contributed by atoms with Gasteiger partial charge in [0.1, 0.15) is 11.1 Å². The van der Waals surface area contributed by atoms with Gasteiger partial charge in [-0.3, -0.25) is 19.2 Å². The molecule has 0 bridgehead atoms. The summed E-state index contributed by atoms with van der Waals surface area (Å²) in [7, 11) is 0. The van der Waals surface area contributed by atoms with Crippen LogP contribution in [0.1, 0.15) is 92.5 Å². The first-order chi connectivity index (χ1) is 15.8. The molecule has 3 rings (SSSR count). The SMILES string of the molecule is CCOC(=O)[C@@H]1CCCN(C(=O)c2cn(C(C)C)cc(C(=O)NCC3CCCCC3)c2=O)C1. The maximum Gasteiger partial charge on any atom is 0.310 e. The summed E-state index contributed by atoms with van der Waals surface area (Å²) in [5, 5.41) is 2.92. The van der Waals surface area contributed by atoms with Gasteiger partial charge in [0.05, 0.1) is 12.5 Å². The number of nitrogens with zero attached hydrogens (tertiary/aromatic N) is 2. The summed E-state index contributed by atoms with van der Waals surface area (Å²) in [5.41, 5.74) is -0.598. The highest BCUT2D eigenvalue weighted by Gasteiger charge is 2.32. The van der Waals surface area contributed by atoms with Crippen molar-refractivity contribution in [3.8, 4) is 0 Å². The zero-order valence-electron chi connectivity index (χ0n) is 20.1. The number of likely N-dealkylation sites (tertiary alicyclic amines) is 1. The number of carbonyl (C=O) groups is 3. The van der Waals surface area contributed by atoms with Crippen molar-refractivity contribution >= 4 is 17.8 Å². The van der Waals surface area contributed by atoms with Crippen LogP contribution in [0.25, 0.3) is 0 Å². The Balaban J connectivity index is 1.81. The van der Waals surface area contributed by atoms with E-state index in [1.807, 2.05) is 13.8 Å². The molecule has 1 aliphatic heterocycles. The van der Waals surface area contributed by atoms with Crippen molar-refractivity contribution in [3.05, 3.63) is 33.7 Å². The fraction of sp³-hybridized carbons (Fsp3) is 0.680. The van der Waals surface area contributed by atoms with Crippen molar-refractivity contribution in [1.29, 1.82) is 0 Å². The average Bonchev–Trinajstić information content (AvgIpc) is 2.83. The van der Waals surface area contributed by atoms with E-state index in [-0.39, 0.29) is 29.7 Å². The Hall–Kier alpha value is -2.64. The van der Waals surface area contributed by atoms with E-state index in [4.69, 9.17) is 4.74 Å². The van der Waals surface area contributed by atoms with Crippen LogP contribution < -0.4 is 10.7 Å². The van der Waals surface area contributed by atoms with Crippen LogP contribution in [0.15, 0.2) is 17.2 Å². The number of piperidine rings is 1. The summed E-state index contributed by atoms with van der Waals surface area (Å²) < 4.78 is 6.85. The van der Waals surface area contributed by atoms with E-state index in [9.17, 15) is 19.2 Å². The summed E-state index contributed by atoms with van der Waals surface area (Å²) >= 11 is 0. The van der Waals surface area contributed by atoms with E-state index in [1.54, 1.807) is 11.5 Å². The molecule has 0 radical (unpaired) electrons. The van der Waals surface area contributed by atoms with E-state index in [1.165, 1.54) is 36.6 Å². The molecular formula is C25H37N3O5. The lowest BCUT2D eigenvalue weighted by atomic mass is 9.89. The van der Waals surface area contributed by atoms with Gasteiger partial charge in [-0.15, -0.1) is 0 Å². The van der Waals surface area contributed by atoms with Crippen LogP contribution in [0.5, 0.6) is 0 Å². The van der Waals surface area contributed by atoms with Gasteiger partial charge in [0, 0.05) is 38.1 Å². The normalized spacial score (nSPS) is 19.4. The highest BCUT2D eigenvalue weighted by atomic mass is 16.5. The van der Waals surface area contributed by atoms with E-state index in [0.29, 0.717) is 38.5 Å². The Morgan fingerprint density at radius 3 is 2.42 bits per heavy atom. The number of hydrogen-bond donors (Lipinski definition) is 1. The molecule has 1 N–H and O–H groups in total. The number of esters is 1. The Morgan fingerprint density at radius 2 is 1.76 bits per heavy atom. The molecular weight excluding hydrogens is 422 g/mol. The largest absolute Gasteiger partial charge is 0.466 e. The number of ether oxygens (including phenoxy) is 1. The van der Waals surface area contributed by atoms with E-state index in [2.05, 4.69) is 5.32 Å². The van der Waals surface area contributed by atoms with Gasteiger partial charge in [-0.25, -0.2) is 0 Å². The monoisotopic (exact) mass is 459 g/mol. The molecule has 2 amide bonds. The van der Waals surface area contributed by atoms with Crippen molar-refractivity contribution in [1.82, 2.24) is 14.8 Å². The number of nitrogens with one attached hydrogen (secondary N) is 1. The molecule has 2 aliphatic rings. The summed E-state index contributed by atoms with van der Waals surface area (Å²) in [6.07, 6.45) is 10.1. The third-order valence-electron chi connectivity index (χ3n) is 6.72. The Kier molecular flexibility index (Phi) is 8.69. The molecule has 1 aromatic rings. The zero-order chi connectivity index (χ0) is 24.0. The second-order valence-electron chi connectivity index (χ2n) is 9.51. The van der Waals surface area contributed by atoms with E-state index in [0.717, 1.165) is 12.8 Å². The van der Waals surface area contributed by atoms with E-state index >= 15 is 0 Å². The molecule has 0 spiro atoms. The van der Waals surface area contributed by atoms with Crippen molar-refractivity contribution in [2.75, 3.05) is 26.2 Å². The third-order valence-corrected chi connectivity index (χ3v) is 6.72. The number of carbonyl (C=O) groups excluding carboxylic acids is 3. The highest BCUT2D eigenvalue weighted by molar-refractivity contribution is 5.99. The molecule has 2 fully saturated rings. The van der Waals surface area contributed by atoms with Gasteiger partial charge in [0.25, 0.3) is 11.8 Å². The second kappa shape index (κ2) is 11.5. The summed E-state index contributed by atoms with van der Waals surface area (Å²) in [5.74, 6) is -1.14. The third kappa shape index (κ3) is 6.24. The molecule has 1 aromatic heterocycles. The van der Waals surface area contributed by atoms with Gasteiger partial charge < -0.3 is 19.5 Å². The lowest BCUT2D eigenvalue weighted by molar-refractivity contribution is -0.149. The molecule has 2 heterocycles. The fourth-order valence-corrected chi connectivity index (χ4v) is 4.72. The predicted molar refractivity (Wildman–Crippen MR) is 125 cm³/mol. The fourth-order valence-electron chi connectivity index (χ4n) is 4.72. The van der Waals surface area contributed by atoms with Crippen LogP contribution >= 0.6 is 0 Å². The summed E-state index contributed by atoms with van der Waals surface area (Å²) in [6, 6.07) is -0.0318. The lowest BCUT2D eigenvalue weighted by Crippen LogP contribution is -2.45. The number of pyridine rings is 1. The molecule has 182 valence electrons. The standard InChI is InChI=1S/C25H37N3O5/c1-4-33-25(32)19-11-8-12-27(14-19)24(31)21-16-28(17(2)3)15-20(22(21)29)23(30)26-13-18-9-6-5-7-10-18/h15-19H,4-14H2,1-3H3,(H,26,30)/t19-/m1/s1. The lowest BCUT2D eigenvalue weighted by Gasteiger charge is -2.31. The van der Waals surface area contributed by atoms with Gasteiger partial charge in [-0.1, -0.05) is 19.3 Å². The second-order valence-corrected chi connectivity index (χ2v) is 9.51. The maximum atomic E-state index is 13.3. The molecule has 33 heavy (non-hydrogen) atoms. The molecule has 0 unspecified atom stereocenters. The van der Waals surface area contributed by atoms with Crippen molar-refractivity contribution in [3.63, 3.8) is 0 Å². The minimum atomic E-state index is -0.559. The first-order valence-electron chi connectivity index (χ1n) is 12.3. The smallest absolute Gasteiger partial charge is 0.310 e. The molecule has 1 saturated heterocycles. The molecule has 8 nitrogen and oxygen atoms in total. The first kappa shape index (κ1) is 25.0. The molecule has 8 heteroatoms. The number of hydrogen-bond acceptors (Lipinski definition) is 5. The highest BCUT2D eigenvalue weighted by Crippen LogP contribution is 2.23. The van der Waals surface area contributed by atoms with Gasteiger partial charge in [0.15, 0.2) is 0 Å². The number of rotatable bonds is 7. The van der Waals surface area contributed by atoms with Crippen molar-refractivity contribution < 1.29 is 19.1 Å². The number of aromatic nitrogens is 1. The van der Waals surface area contributed by atoms with Crippen molar-refractivity contribution in [2.24, 2.45) is 11.8 Å². The predicted octanol–water partition coefficient (Wildman–Crippen LogP) is 3.15. The summed E-state index contributed by atoms with van der Waals surface area (Å²) in [6.45, 7) is 7.14. The van der Waals surface area contributed by atoms with Gasteiger partial charge in [0.2, 0.25) is 5.43 Å². The Bertz CT molecular complexity index is 917. The Morgan fingerprint density at radius 1 is 1.06 bits per heavy atom. The van der Waals surface area contributed by atoms with Gasteiger partial charge in [-0.05, 0) is 52.4 Å².